The molecule has 0 spiro atoms. The van der Waals surface area contributed by atoms with Crippen LogP contribution in [0.25, 0.3) is 131 Å². The third-order valence-electron chi connectivity index (χ3n) is 16.7. The summed E-state index contributed by atoms with van der Waals surface area (Å²) < 4.78 is 56.0. The zero-order chi connectivity index (χ0) is 55.0. The van der Waals surface area contributed by atoms with E-state index in [1.54, 1.807) is 18.2 Å². The van der Waals surface area contributed by atoms with Crippen molar-refractivity contribution in [3.63, 3.8) is 0 Å². The first kappa shape index (κ1) is 37.6. The SMILES string of the molecule is [2H]C([2H])([2H])c1cccc(C([2H])([2H])[2H])c1-c1cc2ccc3cc(-c4c5c6cc(C(C)(C)C)cc7c8cc(C(C)(C)C)ccc8n(c5cc5c4c4cc(C(C)(C)C)cc8c9cc(C(C)(C)C)ccc9n5c84)c76)cc4ccc(c1)c2c34. The summed E-state index contributed by atoms with van der Waals surface area (Å²) in [5.41, 5.74) is 15.5. The molecule has 0 radical (unpaired) electrons. The molecule has 0 fully saturated rings. The fourth-order valence-electron chi connectivity index (χ4n) is 12.8. The minimum absolute atomic E-state index is 0.0258. The summed E-state index contributed by atoms with van der Waals surface area (Å²) in [6.45, 7) is 22.8. The van der Waals surface area contributed by atoms with E-state index in [1.165, 1.54) is 104 Å². The summed E-state index contributed by atoms with van der Waals surface area (Å²) in [7, 11) is 0. The number of aromatic nitrogens is 2. The lowest BCUT2D eigenvalue weighted by Gasteiger charge is -2.21. The number of aryl methyl sites for hydroxylation is 2. The second-order valence-electron chi connectivity index (χ2n) is 25.5. The summed E-state index contributed by atoms with van der Waals surface area (Å²) in [5.74, 6) is 0. The molecule has 0 atom stereocenters. The van der Waals surface area contributed by atoms with E-state index in [4.69, 9.17) is 8.22 Å². The maximum Gasteiger partial charge on any atom is 0.0620 e. The number of hydrogen-bond acceptors (Lipinski definition) is 0. The molecule has 0 amide bonds. The predicted molar refractivity (Wildman–Crippen MR) is 315 cm³/mol. The molecule has 354 valence electrons. The van der Waals surface area contributed by atoms with Gasteiger partial charge in [0.05, 0.1) is 33.1 Å². The lowest BCUT2D eigenvalue weighted by molar-refractivity contribution is 0.590. The number of rotatable bonds is 2. The molecule has 10 aromatic carbocycles. The number of nitrogens with zero attached hydrogens (tertiary/aromatic N) is 2. The Morgan fingerprint density at radius 3 is 1.06 bits per heavy atom. The minimum atomic E-state index is -2.51. The minimum Gasteiger partial charge on any atom is -0.308 e. The van der Waals surface area contributed by atoms with Crippen molar-refractivity contribution < 1.29 is 8.22 Å². The lowest BCUT2D eigenvalue weighted by Crippen LogP contribution is -2.11. The van der Waals surface area contributed by atoms with Crippen LogP contribution >= 0.6 is 0 Å². The fourth-order valence-corrected chi connectivity index (χ4v) is 12.8. The highest BCUT2D eigenvalue weighted by molar-refractivity contribution is 6.35. The van der Waals surface area contributed by atoms with E-state index in [0.29, 0.717) is 5.56 Å². The molecule has 0 saturated heterocycles. The van der Waals surface area contributed by atoms with Gasteiger partial charge in [-0.2, -0.15) is 0 Å². The maximum absolute atomic E-state index is 8.48. The molecule has 4 heterocycles. The van der Waals surface area contributed by atoms with Gasteiger partial charge in [0.1, 0.15) is 0 Å². The first-order valence-electron chi connectivity index (χ1n) is 28.8. The van der Waals surface area contributed by atoms with Gasteiger partial charge in [0.15, 0.2) is 0 Å². The highest BCUT2D eigenvalue weighted by Gasteiger charge is 2.31. The molecule has 14 aromatic rings. The van der Waals surface area contributed by atoms with Crippen molar-refractivity contribution in [1.29, 1.82) is 0 Å². The molecular formula is C70H64N2. The van der Waals surface area contributed by atoms with E-state index in [9.17, 15) is 0 Å². The van der Waals surface area contributed by atoms with Crippen LogP contribution in [-0.2, 0) is 21.7 Å². The first-order chi connectivity index (χ1) is 36.5. The summed E-state index contributed by atoms with van der Waals surface area (Å²) >= 11 is 0. The molecule has 0 N–H and O–H groups in total. The second-order valence-corrected chi connectivity index (χ2v) is 25.5. The van der Waals surface area contributed by atoms with Crippen LogP contribution in [-0.4, -0.2) is 8.80 Å². The van der Waals surface area contributed by atoms with Crippen LogP contribution in [0.2, 0.25) is 0 Å². The van der Waals surface area contributed by atoms with Crippen molar-refractivity contribution in [3.8, 4) is 22.3 Å². The third kappa shape index (κ3) is 5.84. The van der Waals surface area contributed by atoms with Crippen molar-refractivity contribution in [2.24, 2.45) is 0 Å². The maximum atomic E-state index is 8.48. The smallest absolute Gasteiger partial charge is 0.0620 e. The Labute approximate surface area is 431 Å². The van der Waals surface area contributed by atoms with E-state index in [-0.39, 0.29) is 38.4 Å². The molecule has 14 rings (SSSR count). The van der Waals surface area contributed by atoms with Crippen LogP contribution in [0.4, 0.5) is 0 Å². The van der Waals surface area contributed by atoms with Crippen molar-refractivity contribution in [2.45, 2.75) is 118 Å². The van der Waals surface area contributed by atoms with Gasteiger partial charge in [0, 0.05) is 56.9 Å². The van der Waals surface area contributed by atoms with Gasteiger partial charge in [-0.25, -0.2) is 0 Å². The highest BCUT2D eigenvalue weighted by Crippen LogP contribution is 2.53. The topological polar surface area (TPSA) is 8.82 Å². The predicted octanol–water partition coefficient (Wildman–Crippen LogP) is 20.0. The van der Waals surface area contributed by atoms with Gasteiger partial charge in [0.25, 0.3) is 0 Å². The summed E-state index contributed by atoms with van der Waals surface area (Å²) in [6, 6.07) is 48.8. The summed E-state index contributed by atoms with van der Waals surface area (Å²) in [4.78, 5) is 0. The molecule has 0 unspecified atom stereocenters. The van der Waals surface area contributed by atoms with Crippen molar-refractivity contribution in [3.05, 3.63) is 167 Å². The monoisotopic (exact) mass is 939 g/mol. The number of fused-ring (bicyclic) bond motifs is 12. The van der Waals surface area contributed by atoms with E-state index in [0.717, 1.165) is 37.9 Å². The van der Waals surface area contributed by atoms with Gasteiger partial charge in [-0.1, -0.05) is 138 Å². The van der Waals surface area contributed by atoms with Crippen molar-refractivity contribution in [2.75, 3.05) is 0 Å². The van der Waals surface area contributed by atoms with Crippen LogP contribution in [0.3, 0.4) is 0 Å². The Balaban J connectivity index is 1.15. The summed E-state index contributed by atoms with van der Waals surface area (Å²) in [6.07, 6.45) is 0. The second kappa shape index (κ2) is 13.9. The molecule has 0 bridgehead atoms. The van der Waals surface area contributed by atoms with Crippen molar-refractivity contribution in [1.82, 2.24) is 8.80 Å². The van der Waals surface area contributed by atoms with Crippen LogP contribution in [0.1, 0.15) is 125 Å². The third-order valence-corrected chi connectivity index (χ3v) is 16.7. The van der Waals surface area contributed by atoms with Crippen LogP contribution < -0.4 is 0 Å². The average Bonchev–Trinajstić information content (AvgIpc) is 2.53. The normalized spacial score (nSPS) is 15.3. The Bertz CT molecular complexity index is 4600. The quantitative estimate of drug-likeness (QED) is 0.153. The van der Waals surface area contributed by atoms with E-state index in [1.807, 2.05) is 12.1 Å². The van der Waals surface area contributed by atoms with Gasteiger partial charge < -0.3 is 8.80 Å². The van der Waals surface area contributed by atoms with Gasteiger partial charge >= 0.3 is 0 Å². The Hall–Kier alpha value is -7.16. The number of benzene rings is 10. The standard InChI is InChI=1S/C70H64N2/c1-37-16-15-17-38(2)59(37)43-26-39-18-20-41-28-44(29-42-21-19-40(27-43)60(39)61(41)42)62-63-53-34-47(69(9,10)11)32-51-49-30-45(67(3,4)5)22-24-55(49)71(65(51)53)57(63)36-58-64(62)54-35-48(70(12,13)14)33-52-50-31-46(68(6,7)8)23-25-56(50)72(58)66(52)54/h15-36H,1-14H3/i1D3,2D3. The van der Waals surface area contributed by atoms with Crippen molar-refractivity contribution >= 4 is 109 Å². The molecular weight excluding hydrogens is 869 g/mol. The van der Waals surface area contributed by atoms with Crippen LogP contribution in [0, 0.1) is 13.7 Å². The van der Waals surface area contributed by atoms with E-state index >= 15 is 0 Å². The van der Waals surface area contributed by atoms with Gasteiger partial charge in [0.2, 0.25) is 0 Å². The zero-order valence-electron chi connectivity index (χ0n) is 49.6. The Morgan fingerprint density at radius 2 is 0.681 bits per heavy atom. The Kier molecular flexibility index (Phi) is 7.24. The molecule has 4 aromatic heterocycles. The van der Waals surface area contributed by atoms with E-state index in [2.05, 4.69) is 195 Å². The molecule has 72 heavy (non-hydrogen) atoms. The molecule has 2 nitrogen and oxygen atoms in total. The average molecular weight is 939 g/mol. The largest absolute Gasteiger partial charge is 0.308 e. The fraction of sp³-hybridized carbons (Fsp3) is 0.257. The Morgan fingerprint density at radius 1 is 0.319 bits per heavy atom. The van der Waals surface area contributed by atoms with Crippen LogP contribution in [0.15, 0.2) is 133 Å². The molecule has 0 aliphatic carbocycles. The molecule has 2 heteroatoms. The van der Waals surface area contributed by atoms with Gasteiger partial charge in [-0.05, 0) is 197 Å². The van der Waals surface area contributed by atoms with Crippen LogP contribution in [0.5, 0.6) is 0 Å². The highest BCUT2D eigenvalue weighted by atomic mass is 14.9. The molecule has 0 saturated carbocycles. The van der Waals surface area contributed by atoms with Gasteiger partial charge in [-0.15, -0.1) is 0 Å². The molecule has 0 aliphatic rings. The lowest BCUT2D eigenvalue weighted by atomic mass is 9.83. The first-order valence-corrected chi connectivity index (χ1v) is 25.8. The van der Waals surface area contributed by atoms with Gasteiger partial charge in [-0.3, -0.25) is 0 Å². The van der Waals surface area contributed by atoms with E-state index < -0.39 is 13.7 Å². The summed E-state index contributed by atoms with van der Waals surface area (Å²) in [5, 5.41) is 16.4. The number of hydrogen-bond donors (Lipinski definition) is 0. The molecule has 0 aliphatic heterocycles. The zero-order valence-corrected chi connectivity index (χ0v) is 43.6.